The second-order valence-corrected chi connectivity index (χ2v) is 7.38. The van der Waals surface area contributed by atoms with Gasteiger partial charge in [-0.3, -0.25) is 0 Å². The zero-order valence-corrected chi connectivity index (χ0v) is 13.5. The Morgan fingerprint density at radius 1 is 1.32 bits per heavy atom. The Morgan fingerprint density at radius 3 is 2.68 bits per heavy atom. The van der Waals surface area contributed by atoms with E-state index in [-0.39, 0.29) is 6.04 Å². The van der Waals surface area contributed by atoms with Gasteiger partial charge in [-0.1, -0.05) is 20.3 Å². The first-order chi connectivity index (χ1) is 9.01. The van der Waals surface area contributed by atoms with Crippen molar-refractivity contribution in [2.24, 2.45) is 0 Å². The minimum atomic E-state index is -3.39. The number of hydrogen-bond donors (Lipinski definition) is 2. The second kappa shape index (κ2) is 7.99. The standard InChI is InChI=1S/C13H24N2O2S2/c1-4-6-11(3)15-19(16,17)13-7-9-18-12(13)10-14-8-5-2/h7,9,11,14-15H,4-6,8,10H2,1-3H3. The summed E-state index contributed by atoms with van der Waals surface area (Å²) >= 11 is 1.49. The normalized spacial score (nSPS) is 13.6. The Balaban J connectivity index is 2.75. The lowest BCUT2D eigenvalue weighted by Gasteiger charge is -2.13. The molecule has 2 N–H and O–H groups in total. The summed E-state index contributed by atoms with van der Waals surface area (Å²) in [5, 5.41) is 5.08. The van der Waals surface area contributed by atoms with E-state index in [1.54, 1.807) is 6.07 Å². The van der Waals surface area contributed by atoms with E-state index in [1.807, 2.05) is 12.3 Å². The molecule has 0 aliphatic rings. The van der Waals surface area contributed by atoms with Crippen LogP contribution in [-0.4, -0.2) is 21.0 Å². The van der Waals surface area contributed by atoms with Crippen LogP contribution in [0.3, 0.4) is 0 Å². The van der Waals surface area contributed by atoms with E-state index in [0.717, 1.165) is 30.7 Å². The van der Waals surface area contributed by atoms with E-state index in [1.165, 1.54) is 11.3 Å². The average molecular weight is 304 g/mol. The highest BCUT2D eigenvalue weighted by molar-refractivity contribution is 7.89. The van der Waals surface area contributed by atoms with Gasteiger partial charge in [0.2, 0.25) is 10.0 Å². The lowest BCUT2D eigenvalue weighted by atomic mass is 10.2. The van der Waals surface area contributed by atoms with Gasteiger partial charge >= 0.3 is 0 Å². The maximum atomic E-state index is 12.3. The van der Waals surface area contributed by atoms with Gasteiger partial charge in [0.25, 0.3) is 0 Å². The minimum Gasteiger partial charge on any atom is -0.312 e. The number of sulfonamides is 1. The monoisotopic (exact) mass is 304 g/mol. The zero-order valence-electron chi connectivity index (χ0n) is 11.9. The Labute approximate surface area is 120 Å². The van der Waals surface area contributed by atoms with Crippen LogP contribution in [0, 0.1) is 0 Å². The van der Waals surface area contributed by atoms with Crippen LogP contribution in [-0.2, 0) is 16.6 Å². The molecule has 0 radical (unpaired) electrons. The summed E-state index contributed by atoms with van der Waals surface area (Å²) in [6, 6.07) is 1.67. The molecular formula is C13H24N2O2S2. The Morgan fingerprint density at radius 2 is 2.05 bits per heavy atom. The van der Waals surface area contributed by atoms with E-state index in [4.69, 9.17) is 0 Å². The molecule has 1 rings (SSSR count). The minimum absolute atomic E-state index is 0.0219. The van der Waals surface area contributed by atoms with Gasteiger partial charge in [-0.05, 0) is 37.8 Å². The van der Waals surface area contributed by atoms with E-state index in [9.17, 15) is 8.42 Å². The van der Waals surface area contributed by atoms with Crippen LogP contribution in [0.5, 0.6) is 0 Å². The average Bonchev–Trinajstić information content (AvgIpc) is 2.78. The van der Waals surface area contributed by atoms with Gasteiger partial charge in [0.05, 0.1) is 4.90 Å². The number of rotatable bonds is 9. The van der Waals surface area contributed by atoms with Crippen LogP contribution in [0.25, 0.3) is 0 Å². The van der Waals surface area contributed by atoms with Crippen LogP contribution in [0.2, 0.25) is 0 Å². The smallest absolute Gasteiger partial charge is 0.241 e. The quantitative estimate of drug-likeness (QED) is 0.690. The van der Waals surface area contributed by atoms with Crippen molar-refractivity contribution >= 4 is 21.4 Å². The fourth-order valence-corrected chi connectivity index (χ4v) is 4.59. The van der Waals surface area contributed by atoms with Crippen LogP contribution in [0.4, 0.5) is 0 Å². The fraction of sp³-hybridized carbons (Fsp3) is 0.692. The van der Waals surface area contributed by atoms with Crippen LogP contribution < -0.4 is 10.0 Å². The van der Waals surface area contributed by atoms with Crippen molar-refractivity contribution in [1.29, 1.82) is 0 Å². The molecule has 0 aromatic carbocycles. The van der Waals surface area contributed by atoms with Gasteiger partial charge in [-0.2, -0.15) is 0 Å². The molecule has 0 spiro atoms. The molecular weight excluding hydrogens is 280 g/mol. The Bertz CT molecular complexity index is 469. The summed E-state index contributed by atoms with van der Waals surface area (Å²) in [5.41, 5.74) is 0. The summed E-state index contributed by atoms with van der Waals surface area (Å²) in [6.45, 7) is 7.56. The highest BCUT2D eigenvalue weighted by Gasteiger charge is 2.21. The molecule has 0 aliphatic heterocycles. The first-order valence-electron chi connectivity index (χ1n) is 6.80. The van der Waals surface area contributed by atoms with Gasteiger partial charge in [0.1, 0.15) is 0 Å². The third-order valence-corrected chi connectivity index (χ3v) is 5.51. The molecule has 0 bridgehead atoms. The Kier molecular flexibility index (Phi) is 6.99. The third kappa shape index (κ3) is 5.22. The predicted molar refractivity (Wildman–Crippen MR) is 81.0 cm³/mol. The summed E-state index contributed by atoms with van der Waals surface area (Å²) in [6.07, 6.45) is 2.87. The Hall–Kier alpha value is -0.430. The molecule has 1 heterocycles. The van der Waals surface area contributed by atoms with Crippen molar-refractivity contribution in [3.05, 3.63) is 16.3 Å². The molecule has 19 heavy (non-hydrogen) atoms. The molecule has 6 heteroatoms. The molecule has 1 aromatic rings. The van der Waals surface area contributed by atoms with Crippen molar-refractivity contribution in [2.75, 3.05) is 6.54 Å². The predicted octanol–water partition coefficient (Wildman–Crippen LogP) is 2.71. The van der Waals surface area contributed by atoms with Gasteiger partial charge in [0, 0.05) is 17.5 Å². The molecule has 0 amide bonds. The second-order valence-electron chi connectivity index (χ2n) is 4.70. The third-order valence-electron chi connectivity index (χ3n) is 2.78. The van der Waals surface area contributed by atoms with E-state index < -0.39 is 10.0 Å². The van der Waals surface area contributed by atoms with Crippen molar-refractivity contribution in [3.8, 4) is 0 Å². The highest BCUT2D eigenvalue weighted by atomic mass is 32.2. The van der Waals surface area contributed by atoms with Crippen molar-refractivity contribution in [2.45, 2.75) is 57.5 Å². The molecule has 1 aromatic heterocycles. The lowest BCUT2D eigenvalue weighted by molar-refractivity contribution is 0.542. The fourth-order valence-electron chi connectivity index (χ4n) is 1.90. The van der Waals surface area contributed by atoms with E-state index in [0.29, 0.717) is 11.4 Å². The molecule has 0 saturated heterocycles. The van der Waals surface area contributed by atoms with Gasteiger partial charge in [0.15, 0.2) is 0 Å². The lowest BCUT2D eigenvalue weighted by Crippen LogP contribution is -2.33. The first kappa shape index (κ1) is 16.6. The molecule has 4 nitrogen and oxygen atoms in total. The van der Waals surface area contributed by atoms with E-state index in [2.05, 4.69) is 23.9 Å². The topological polar surface area (TPSA) is 58.2 Å². The molecule has 0 saturated carbocycles. The maximum Gasteiger partial charge on any atom is 0.241 e. The molecule has 0 aliphatic carbocycles. The van der Waals surface area contributed by atoms with Gasteiger partial charge in [-0.15, -0.1) is 11.3 Å². The van der Waals surface area contributed by atoms with Crippen LogP contribution in [0.1, 0.15) is 44.9 Å². The molecule has 110 valence electrons. The van der Waals surface area contributed by atoms with Gasteiger partial charge < -0.3 is 5.32 Å². The van der Waals surface area contributed by atoms with Crippen LogP contribution in [0.15, 0.2) is 16.3 Å². The number of hydrogen-bond acceptors (Lipinski definition) is 4. The molecule has 0 fully saturated rings. The first-order valence-corrected chi connectivity index (χ1v) is 9.17. The zero-order chi connectivity index (χ0) is 14.3. The number of nitrogens with one attached hydrogen (secondary N) is 2. The van der Waals surface area contributed by atoms with E-state index >= 15 is 0 Å². The summed E-state index contributed by atoms with van der Waals surface area (Å²) in [4.78, 5) is 1.30. The van der Waals surface area contributed by atoms with Gasteiger partial charge in [-0.25, -0.2) is 13.1 Å². The van der Waals surface area contributed by atoms with Crippen molar-refractivity contribution in [3.63, 3.8) is 0 Å². The van der Waals surface area contributed by atoms with Crippen LogP contribution >= 0.6 is 11.3 Å². The SMILES string of the molecule is CCCNCc1sccc1S(=O)(=O)NC(C)CCC. The summed E-state index contributed by atoms with van der Waals surface area (Å²) in [5.74, 6) is 0. The summed E-state index contributed by atoms with van der Waals surface area (Å²) < 4.78 is 27.3. The molecule has 1 unspecified atom stereocenters. The highest BCUT2D eigenvalue weighted by Crippen LogP contribution is 2.22. The van der Waals surface area contributed by atoms with Crippen molar-refractivity contribution in [1.82, 2.24) is 10.0 Å². The largest absolute Gasteiger partial charge is 0.312 e. The van der Waals surface area contributed by atoms with Crippen molar-refractivity contribution < 1.29 is 8.42 Å². The summed E-state index contributed by atoms with van der Waals surface area (Å²) in [7, 11) is -3.39. The maximum absolute atomic E-state index is 12.3. The molecule has 1 atom stereocenters. The number of thiophene rings is 1.